The van der Waals surface area contributed by atoms with Gasteiger partial charge in [-0.2, -0.15) is 22.7 Å². The van der Waals surface area contributed by atoms with E-state index in [4.69, 9.17) is 22.8 Å². The first-order chi connectivity index (χ1) is 12.1. The number of aryl methyl sites for hydroxylation is 1. The first-order valence-corrected chi connectivity index (χ1v) is 7.64. The molecule has 10 heteroatoms. The zero-order chi connectivity index (χ0) is 19.2. The molecule has 1 atom stereocenters. The van der Waals surface area contributed by atoms with Gasteiger partial charge in [-0.15, -0.1) is 6.42 Å². The van der Waals surface area contributed by atoms with Crippen molar-refractivity contribution in [1.82, 2.24) is 9.78 Å². The van der Waals surface area contributed by atoms with E-state index in [1.807, 2.05) is 0 Å². The van der Waals surface area contributed by atoms with Crippen LogP contribution in [0.5, 0.6) is 5.75 Å². The SMILES string of the molecule is C#CCN1CC(F)Oc2cc(F)c(-c3nn(C)c(C(F)(F)F)c3Cl)cc21. The summed E-state index contributed by atoms with van der Waals surface area (Å²) >= 11 is 5.82. The van der Waals surface area contributed by atoms with Crippen LogP contribution in [0, 0.1) is 18.2 Å². The number of ether oxygens (including phenoxy) is 1. The normalized spacial score (nSPS) is 16.8. The Balaban J connectivity index is 2.17. The molecule has 0 saturated carbocycles. The van der Waals surface area contributed by atoms with Crippen molar-refractivity contribution < 1.29 is 26.7 Å². The number of hydrogen-bond acceptors (Lipinski definition) is 3. The van der Waals surface area contributed by atoms with Crippen LogP contribution >= 0.6 is 11.6 Å². The molecule has 1 aliphatic rings. The number of aromatic nitrogens is 2. The number of rotatable bonds is 2. The molecule has 0 fully saturated rings. The van der Waals surface area contributed by atoms with E-state index in [0.29, 0.717) is 4.68 Å². The second-order valence-corrected chi connectivity index (χ2v) is 5.92. The van der Waals surface area contributed by atoms with Crippen LogP contribution in [0.2, 0.25) is 5.02 Å². The summed E-state index contributed by atoms with van der Waals surface area (Å²) in [5, 5.41) is 2.96. The summed E-state index contributed by atoms with van der Waals surface area (Å²) in [5.74, 6) is 1.27. The first kappa shape index (κ1) is 18.3. The lowest BCUT2D eigenvalue weighted by Gasteiger charge is -2.32. The Bertz CT molecular complexity index is 903. The van der Waals surface area contributed by atoms with E-state index in [2.05, 4.69) is 11.0 Å². The molecule has 2 aromatic rings. The zero-order valence-corrected chi connectivity index (χ0v) is 14.0. The number of anilines is 1. The molecule has 1 aliphatic heterocycles. The third kappa shape index (κ3) is 3.05. The third-order valence-electron chi connectivity index (χ3n) is 3.80. The first-order valence-electron chi connectivity index (χ1n) is 7.26. The van der Waals surface area contributed by atoms with Crippen molar-refractivity contribution in [2.75, 3.05) is 18.0 Å². The Kier molecular flexibility index (Phi) is 4.48. The van der Waals surface area contributed by atoms with E-state index in [-0.39, 0.29) is 35.8 Å². The number of fused-ring (bicyclic) bond motifs is 1. The number of halogens is 6. The van der Waals surface area contributed by atoms with Gasteiger partial charge in [0, 0.05) is 18.7 Å². The van der Waals surface area contributed by atoms with Crippen molar-refractivity contribution in [1.29, 1.82) is 0 Å². The number of terminal acetylenes is 1. The zero-order valence-electron chi connectivity index (χ0n) is 13.2. The van der Waals surface area contributed by atoms with E-state index >= 15 is 0 Å². The molecule has 0 N–H and O–H groups in total. The van der Waals surface area contributed by atoms with E-state index in [1.54, 1.807) is 0 Å². The second-order valence-electron chi connectivity index (χ2n) is 5.54. The number of benzene rings is 1. The highest BCUT2D eigenvalue weighted by molar-refractivity contribution is 6.33. The van der Waals surface area contributed by atoms with Crippen LogP contribution in [0.25, 0.3) is 11.3 Å². The second kappa shape index (κ2) is 6.36. The Morgan fingerprint density at radius 3 is 2.69 bits per heavy atom. The van der Waals surface area contributed by atoms with Gasteiger partial charge in [0.1, 0.15) is 17.3 Å². The van der Waals surface area contributed by atoms with Gasteiger partial charge in [0.2, 0.25) is 0 Å². The Labute approximate surface area is 150 Å². The molecular formula is C16H11ClF5N3O. The van der Waals surface area contributed by atoms with Gasteiger partial charge in [-0.25, -0.2) is 4.39 Å². The minimum absolute atomic E-state index is 0.00556. The van der Waals surface area contributed by atoms with Crippen LogP contribution in [-0.4, -0.2) is 29.2 Å². The van der Waals surface area contributed by atoms with E-state index in [1.165, 1.54) is 11.0 Å². The lowest BCUT2D eigenvalue weighted by molar-refractivity contribution is -0.143. The fourth-order valence-electron chi connectivity index (χ4n) is 2.75. The summed E-state index contributed by atoms with van der Waals surface area (Å²) in [6, 6.07) is 2.07. The lowest BCUT2D eigenvalue weighted by atomic mass is 10.1. The summed E-state index contributed by atoms with van der Waals surface area (Å²) in [6.45, 7) is -0.197. The van der Waals surface area contributed by atoms with Gasteiger partial charge in [0.05, 0.1) is 23.8 Å². The average Bonchev–Trinajstić information content (AvgIpc) is 2.81. The van der Waals surface area contributed by atoms with Gasteiger partial charge < -0.3 is 9.64 Å². The highest BCUT2D eigenvalue weighted by Crippen LogP contribution is 2.43. The van der Waals surface area contributed by atoms with Crippen molar-refractivity contribution in [3.63, 3.8) is 0 Å². The fourth-order valence-corrected chi connectivity index (χ4v) is 3.12. The largest absolute Gasteiger partial charge is 0.456 e. The molecule has 3 rings (SSSR count). The topological polar surface area (TPSA) is 30.3 Å². The molecule has 26 heavy (non-hydrogen) atoms. The maximum absolute atomic E-state index is 14.5. The number of hydrogen-bond donors (Lipinski definition) is 0. The maximum Gasteiger partial charge on any atom is 0.434 e. The molecule has 138 valence electrons. The molecule has 4 nitrogen and oxygen atoms in total. The highest BCUT2D eigenvalue weighted by Gasteiger charge is 2.39. The summed E-state index contributed by atoms with van der Waals surface area (Å²) in [6.07, 6.45) is -1.23. The van der Waals surface area contributed by atoms with E-state index < -0.39 is 29.1 Å². The standard InChI is InChI=1S/C16H11ClF5N3O/c1-3-4-25-7-12(19)26-11-6-9(18)8(5-10(11)25)14-13(17)15(16(20,21)22)24(2)23-14/h1,5-6,12H,4,7H2,2H3. The fraction of sp³-hybridized carbons (Fsp3) is 0.312. The quantitative estimate of drug-likeness (QED) is 0.572. The van der Waals surface area contributed by atoms with Crippen molar-refractivity contribution in [2.45, 2.75) is 12.5 Å². The summed E-state index contributed by atoms with van der Waals surface area (Å²) in [7, 11) is 1.05. The smallest absolute Gasteiger partial charge is 0.434 e. The highest BCUT2D eigenvalue weighted by atomic mass is 35.5. The molecule has 0 spiro atoms. The van der Waals surface area contributed by atoms with Gasteiger partial charge >= 0.3 is 6.18 Å². The molecule has 1 aromatic heterocycles. The maximum atomic E-state index is 14.5. The molecule has 0 aliphatic carbocycles. The van der Waals surface area contributed by atoms with Crippen molar-refractivity contribution in [2.24, 2.45) is 7.05 Å². The predicted molar refractivity (Wildman–Crippen MR) is 85.2 cm³/mol. The van der Waals surface area contributed by atoms with Crippen LogP contribution < -0.4 is 9.64 Å². The van der Waals surface area contributed by atoms with Crippen molar-refractivity contribution in [3.8, 4) is 29.4 Å². The number of alkyl halides is 4. The van der Waals surface area contributed by atoms with E-state index in [0.717, 1.165) is 13.1 Å². The molecule has 0 saturated heterocycles. The summed E-state index contributed by atoms with van der Waals surface area (Å²) in [5.41, 5.74) is -1.62. The van der Waals surface area contributed by atoms with Crippen molar-refractivity contribution in [3.05, 3.63) is 28.7 Å². The average molecular weight is 392 g/mol. The summed E-state index contributed by atoms with van der Waals surface area (Å²) in [4.78, 5) is 1.41. The van der Waals surface area contributed by atoms with Crippen LogP contribution in [0.15, 0.2) is 12.1 Å². The van der Waals surface area contributed by atoms with Gasteiger partial charge in [0.25, 0.3) is 6.36 Å². The molecule has 1 unspecified atom stereocenters. The lowest BCUT2D eigenvalue weighted by Crippen LogP contribution is -2.38. The van der Waals surface area contributed by atoms with Crippen molar-refractivity contribution >= 4 is 17.3 Å². The van der Waals surface area contributed by atoms with Gasteiger partial charge in [-0.3, -0.25) is 4.68 Å². The predicted octanol–water partition coefficient (Wildman–Crippen LogP) is 4.03. The van der Waals surface area contributed by atoms with Gasteiger partial charge in [-0.05, 0) is 6.07 Å². The van der Waals surface area contributed by atoms with Crippen LogP contribution in [0.1, 0.15) is 5.69 Å². The minimum Gasteiger partial charge on any atom is -0.456 e. The Hall–Kier alpha value is -2.47. The number of nitrogens with zero attached hydrogens (tertiary/aromatic N) is 3. The van der Waals surface area contributed by atoms with Gasteiger partial charge in [0.15, 0.2) is 5.69 Å². The summed E-state index contributed by atoms with van der Waals surface area (Å²) < 4.78 is 72.8. The molecular weight excluding hydrogens is 381 g/mol. The molecule has 1 aromatic carbocycles. The molecule has 2 heterocycles. The minimum atomic E-state index is -4.76. The molecule has 0 amide bonds. The van der Waals surface area contributed by atoms with Crippen LogP contribution in [-0.2, 0) is 13.2 Å². The molecule has 0 radical (unpaired) electrons. The Morgan fingerprint density at radius 2 is 2.12 bits per heavy atom. The van der Waals surface area contributed by atoms with Gasteiger partial charge in [-0.1, -0.05) is 17.5 Å². The Morgan fingerprint density at radius 1 is 1.42 bits per heavy atom. The third-order valence-corrected chi connectivity index (χ3v) is 4.16. The van der Waals surface area contributed by atoms with E-state index in [9.17, 15) is 22.0 Å². The molecule has 0 bridgehead atoms. The monoisotopic (exact) mass is 391 g/mol. The van der Waals surface area contributed by atoms with Crippen LogP contribution in [0.3, 0.4) is 0 Å². The van der Waals surface area contributed by atoms with Crippen LogP contribution in [0.4, 0.5) is 27.6 Å².